The zero-order chi connectivity index (χ0) is 11.5. The van der Waals surface area contributed by atoms with E-state index < -0.39 is 0 Å². The number of nitrogens with zero attached hydrogens (tertiary/aromatic N) is 1. The van der Waals surface area contributed by atoms with Crippen LogP contribution in [0.1, 0.15) is 44.6 Å². The molecule has 0 aliphatic carbocycles. The maximum atomic E-state index is 5.56. The molecule has 0 saturated carbocycles. The highest BCUT2D eigenvalue weighted by molar-refractivity contribution is 5.14. The van der Waals surface area contributed by atoms with Crippen molar-refractivity contribution in [3.63, 3.8) is 0 Å². The topological polar surface area (TPSA) is 47.3 Å². The van der Waals surface area contributed by atoms with Crippen molar-refractivity contribution in [3.05, 3.63) is 17.8 Å². The molecule has 1 aliphatic rings. The lowest BCUT2D eigenvalue weighted by molar-refractivity contribution is 0.122. The molecule has 2 heterocycles. The molecule has 1 saturated heterocycles. The Morgan fingerprint density at radius 3 is 3.00 bits per heavy atom. The van der Waals surface area contributed by atoms with Crippen molar-refractivity contribution in [2.75, 3.05) is 6.61 Å². The van der Waals surface area contributed by atoms with E-state index in [1.165, 1.54) is 6.39 Å². The smallest absolute Gasteiger partial charge is 0.181 e. The molecule has 1 fully saturated rings. The molecule has 1 aromatic heterocycles. The first kappa shape index (κ1) is 11.6. The molecule has 2 unspecified atom stereocenters. The van der Waals surface area contributed by atoms with Crippen molar-refractivity contribution >= 4 is 0 Å². The van der Waals surface area contributed by atoms with Crippen molar-refractivity contribution < 1.29 is 9.15 Å². The maximum Gasteiger partial charge on any atom is 0.181 e. The van der Waals surface area contributed by atoms with Crippen LogP contribution in [-0.4, -0.2) is 23.7 Å². The zero-order valence-electron chi connectivity index (χ0n) is 10.2. The van der Waals surface area contributed by atoms with Crippen molar-refractivity contribution in [1.29, 1.82) is 0 Å². The summed E-state index contributed by atoms with van der Waals surface area (Å²) in [5, 5.41) is 3.36. The van der Waals surface area contributed by atoms with Crippen LogP contribution in [0.25, 0.3) is 0 Å². The van der Waals surface area contributed by atoms with E-state index in [2.05, 4.69) is 31.1 Å². The summed E-state index contributed by atoms with van der Waals surface area (Å²) >= 11 is 0. The highest BCUT2D eigenvalue weighted by Crippen LogP contribution is 2.30. The maximum absolute atomic E-state index is 5.56. The third kappa shape index (κ3) is 2.62. The number of oxazole rings is 1. The highest BCUT2D eigenvalue weighted by Gasteiger charge is 2.28. The second-order valence-corrected chi connectivity index (χ2v) is 4.78. The Kier molecular flexibility index (Phi) is 3.61. The van der Waals surface area contributed by atoms with Crippen LogP contribution < -0.4 is 5.32 Å². The van der Waals surface area contributed by atoms with Gasteiger partial charge in [0.2, 0.25) is 0 Å². The summed E-state index contributed by atoms with van der Waals surface area (Å²) in [5.41, 5.74) is 1.02. The van der Waals surface area contributed by atoms with Crippen LogP contribution in [0.3, 0.4) is 0 Å². The third-order valence-electron chi connectivity index (χ3n) is 2.92. The summed E-state index contributed by atoms with van der Waals surface area (Å²) < 4.78 is 11.1. The summed E-state index contributed by atoms with van der Waals surface area (Å²) in [5.74, 6) is 1.37. The monoisotopic (exact) mass is 224 g/mol. The molecule has 4 heteroatoms. The Morgan fingerprint density at radius 2 is 2.38 bits per heavy atom. The summed E-state index contributed by atoms with van der Waals surface area (Å²) in [6, 6.07) is 0.461. The molecule has 0 amide bonds. The lowest BCUT2D eigenvalue weighted by Gasteiger charge is -2.09. The molecule has 1 N–H and O–H groups in total. The number of hydrogen-bond donors (Lipinski definition) is 1. The standard InChI is InChI=1S/C12H20N2O2/c1-8(2)13-5-11-12(16-7-14-11)10-4-9(3)15-6-10/h7-10,13H,4-6H2,1-3H3. The normalized spacial score (nSPS) is 25.5. The van der Waals surface area contributed by atoms with Gasteiger partial charge in [0, 0.05) is 18.5 Å². The Morgan fingerprint density at radius 1 is 1.56 bits per heavy atom. The van der Waals surface area contributed by atoms with Crippen LogP contribution in [0.2, 0.25) is 0 Å². The van der Waals surface area contributed by atoms with E-state index in [4.69, 9.17) is 9.15 Å². The van der Waals surface area contributed by atoms with Gasteiger partial charge in [0.1, 0.15) is 5.76 Å². The van der Waals surface area contributed by atoms with Gasteiger partial charge in [0.25, 0.3) is 0 Å². The van der Waals surface area contributed by atoms with Crippen molar-refractivity contribution in [2.24, 2.45) is 0 Å². The van der Waals surface area contributed by atoms with E-state index in [-0.39, 0.29) is 0 Å². The van der Waals surface area contributed by atoms with Gasteiger partial charge in [-0.05, 0) is 13.3 Å². The van der Waals surface area contributed by atoms with E-state index in [1.807, 2.05) is 0 Å². The highest BCUT2D eigenvalue weighted by atomic mass is 16.5. The van der Waals surface area contributed by atoms with Gasteiger partial charge in [-0.1, -0.05) is 13.8 Å². The van der Waals surface area contributed by atoms with E-state index in [0.717, 1.165) is 31.0 Å². The van der Waals surface area contributed by atoms with Crippen molar-refractivity contribution in [3.8, 4) is 0 Å². The predicted molar refractivity (Wildman–Crippen MR) is 61.3 cm³/mol. The van der Waals surface area contributed by atoms with Gasteiger partial charge in [-0.25, -0.2) is 4.98 Å². The quantitative estimate of drug-likeness (QED) is 0.850. The fourth-order valence-corrected chi connectivity index (χ4v) is 2.04. The minimum atomic E-state index is 0.334. The summed E-state index contributed by atoms with van der Waals surface area (Å²) in [6.07, 6.45) is 2.90. The fraction of sp³-hybridized carbons (Fsp3) is 0.750. The van der Waals surface area contributed by atoms with Crippen LogP contribution in [0, 0.1) is 0 Å². The van der Waals surface area contributed by atoms with Crippen LogP contribution in [-0.2, 0) is 11.3 Å². The number of ether oxygens (including phenoxy) is 1. The summed E-state index contributed by atoms with van der Waals surface area (Å²) in [4.78, 5) is 4.27. The second kappa shape index (κ2) is 4.97. The number of aromatic nitrogens is 1. The molecule has 2 atom stereocenters. The van der Waals surface area contributed by atoms with E-state index in [9.17, 15) is 0 Å². The minimum absolute atomic E-state index is 0.334. The summed E-state index contributed by atoms with van der Waals surface area (Å²) in [6.45, 7) is 7.88. The first-order valence-corrected chi connectivity index (χ1v) is 5.94. The largest absolute Gasteiger partial charge is 0.448 e. The molecule has 4 nitrogen and oxygen atoms in total. The average molecular weight is 224 g/mol. The molecule has 0 radical (unpaired) electrons. The molecule has 0 aromatic carbocycles. The molecule has 90 valence electrons. The molecular formula is C12H20N2O2. The van der Waals surface area contributed by atoms with Crippen molar-refractivity contribution in [1.82, 2.24) is 10.3 Å². The van der Waals surface area contributed by atoms with Gasteiger partial charge in [0.15, 0.2) is 6.39 Å². The average Bonchev–Trinajstić information content (AvgIpc) is 2.82. The predicted octanol–water partition coefficient (Wildman–Crippen LogP) is 2.06. The Balaban J connectivity index is 2.01. The number of rotatable bonds is 4. The first-order chi connectivity index (χ1) is 7.66. The molecule has 16 heavy (non-hydrogen) atoms. The minimum Gasteiger partial charge on any atom is -0.448 e. The van der Waals surface area contributed by atoms with Crippen LogP contribution >= 0.6 is 0 Å². The molecule has 0 bridgehead atoms. The molecule has 1 aromatic rings. The number of nitrogens with one attached hydrogen (secondary N) is 1. The number of hydrogen-bond acceptors (Lipinski definition) is 4. The van der Waals surface area contributed by atoms with E-state index in [0.29, 0.717) is 18.1 Å². The Hall–Kier alpha value is -0.870. The SMILES string of the molecule is CC(C)NCc1ncoc1C1COC(C)C1. The molecule has 1 aliphatic heterocycles. The zero-order valence-corrected chi connectivity index (χ0v) is 10.2. The molecule has 0 spiro atoms. The van der Waals surface area contributed by atoms with Crippen LogP contribution in [0.5, 0.6) is 0 Å². The molecule has 2 rings (SSSR count). The van der Waals surface area contributed by atoms with Gasteiger partial charge in [0.05, 0.1) is 18.4 Å². The van der Waals surface area contributed by atoms with Crippen LogP contribution in [0.4, 0.5) is 0 Å². The van der Waals surface area contributed by atoms with E-state index in [1.54, 1.807) is 0 Å². The summed E-state index contributed by atoms with van der Waals surface area (Å²) in [7, 11) is 0. The van der Waals surface area contributed by atoms with Crippen LogP contribution in [0.15, 0.2) is 10.8 Å². The van der Waals surface area contributed by atoms with Gasteiger partial charge >= 0.3 is 0 Å². The van der Waals surface area contributed by atoms with E-state index >= 15 is 0 Å². The molecular weight excluding hydrogens is 204 g/mol. The third-order valence-corrected chi connectivity index (χ3v) is 2.92. The fourth-order valence-electron chi connectivity index (χ4n) is 2.04. The lowest BCUT2D eigenvalue weighted by atomic mass is 10.0. The Labute approximate surface area is 96.4 Å². The van der Waals surface area contributed by atoms with Crippen molar-refractivity contribution in [2.45, 2.75) is 51.8 Å². The van der Waals surface area contributed by atoms with Gasteiger partial charge < -0.3 is 14.5 Å². The van der Waals surface area contributed by atoms with Gasteiger partial charge in [-0.15, -0.1) is 0 Å². The second-order valence-electron chi connectivity index (χ2n) is 4.78. The first-order valence-electron chi connectivity index (χ1n) is 5.94. The van der Waals surface area contributed by atoms with Gasteiger partial charge in [-0.2, -0.15) is 0 Å². The Bertz CT molecular complexity index is 336. The van der Waals surface area contributed by atoms with Gasteiger partial charge in [-0.3, -0.25) is 0 Å². The lowest BCUT2D eigenvalue weighted by Crippen LogP contribution is -2.23.